The van der Waals surface area contributed by atoms with Gasteiger partial charge in [0.1, 0.15) is 36.1 Å². The topological polar surface area (TPSA) is 194 Å². The van der Waals surface area contributed by atoms with Crippen LogP contribution in [0.4, 0.5) is 5.82 Å². The van der Waals surface area contributed by atoms with Crippen LogP contribution in [0.5, 0.6) is 0 Å². The summed E-state index contributed by atoms with van der Waals surface area (Å²) in [5, 5.41) is 36.2. The first-order chi connectivity index (χ1) is 14.5. The van der Waals surface area contributed by atoms with Gasteiger partial charge >= 0.3 is 0 Å². The molecular formula is C18H29N7O5. The van der Waals surface area contributed by atoms with Gasteiger partial charge < -0.3 is 46.7 Å². The molecule has 2 aromatic rings. The third-order valence-electron chi connectivity index (χ3n) is 5.09. The van der Waals surface area contributed by atoms with E-state index < -0.39 is 37.2 Å². The number of unbranched alkanes of at least 4 members (excludes halogenated alkanes) is 1. The van der Waals surface area contributed by atoms with Crippen LogP contribution in [-0.2, 0) is 9.53 Å². The fourth-order valence-corrected chi connectivity index (χ4v) is 3.33. The maximum atomic E-state index is 11.6. The first-order valence-corrected chi connectivity index (χ1v) is 9.89. The summed E-state index contributed by atoms with van der Waals surface area (Å²) >= 11 is 0. The van der Waals surface area contributed by atoms with E-state index in [0.29, 0.717) is 24.6 Å². The highest BCUT2D eigenvalue weighted by Crippen LogP contribution is 2.32. The number of ether oxygens (including phenoxy) is 1. The monoisotopic (exact) mass is 423 g/mol. The van der Waals surface area contributed by atoms with Crippen LogP contribution in [0, 0.1) is 0 Å². The third kappa shape index (κ3) is 4.69. The minimum atomic E-state index is -1.19. The zero-order valence-electron chi connectivity index (χ0n) is 16.5. The first-order valence-electron chi connectivity index (χ1n) is 9.89. The fourth-order valence-electron chi connectivity index (χ4n) is 3.33. The zero-order chi connectivity index (χ0) is 21.7. The van der Waals surface area contributed by atoms with Crippen molar-refractivity contribution >= 4 is 22.8 Å². The number of nitrogens with one attached hydrogen (secondary N) is 2. The summed E-state index contributed by atoms with van der Waals surface area (Å²) in [6.45, 7) is 0.854. The summed E-state index contributed by atoms with van der Waals surface area (Å²) < 4.78 is 7.19. The van der Waals surface area contributed by atoms with Gasteiger partial charge in [-0.1, -0.05) is 0 Å². The van der Waals surface area contributed by atoms with Crippen molar-refractivity contribution < 1.29 is 24.9 Å². The van der Waals surface area contributed by atoms with Gasteiger partial charge in [0.2, 0.25) is 5.91 Å². The molecule has 5 atom stereocenters. The second kappa shape index (κ2) is 10.1. The maximum absolute atomic E-state index is 11.6. The molecule has 3 heterocycles. The van der Waals surface area contributed by atoms with Gasteiger partial charge in [-0.3, -0.25) is 4.79 Å². The van der Waals surface area contributed by atoms with E-state index in [1.54, 1.807) is 16.8 Å². The predicted molar refractivity (Wildman–Crippen MR) is 108 cm³/mol. The van der Waals surface area contributed by atoms with E-state index in [2.05, 4.69) is 20.6 Å². The van der Waals surface area contributed by atoms with Crippen molar-refractivity contribution in [2.45, 2.75) is 43.4 Å². The molecule has 1 aliphatic rings. The number of nitrogens with zero attached hydrogens (tertiary/aromatic N) is 3. The lowest BCUT2D eigenvalue weighted by atomic mass is 10.1. The molecule has 1 saturated heterocycles. The Morgan fingerprint density at radius 3 is 2.73 bits per heavy atom. The van der Waals surface area contributed by atoms with Crippen molar-refractivity contribution in [3.05, 3.63) is 18.6 Å². The molecule has 0 aliphatic carbocycles. The highest BCUT2D eigenvalue weighted by molar-refractivity contribution is 5.87. The largest absolute Gasteiger partial charge is 0.394 e. The Morgan fingerprint density at radius 2 is 2.03 bits per heavy atom. The van der Waals surface area contributed by atoms with E-state index in [0.717, 1.165) is 18.2 Å². The lowest BCUT2D eigenvalue weighted by Crippen LogP contribution is -2.45. The molecule has 1 amide bonds. The van der Waals surface area contributed by atoms with E-state index >= 15 is 0 Å². The fraction of sp³-hybridized carbons (Fsp3) is 0.611. The van der Waals surface area contributed by atoms with Gasteiger partial charge in [0.15, 0.2) is 6.23 Å². The molecule has 1 aliphatic heterocycles. The molecule has 1 fully saturated rings. The quantitative estimate of drug-likeness (QED) is 0.203. The van der Waals surface area contributed by atoms with Crippen molar-refractivity contribution in [1.82, 2.24) is 19.9 Å². The van der Waals surface area contributed by atoms with Crippen LogP contribution < -0.4 is 22.1 Å². The van der Waals surface area contributed by atoms with Crippen LogP contribution in [0.15, 0.2) is 18.6 Å². The van der Waals surface area contributed by atoms with Crippen LogP contribution >= 0.6 is 0 Å². The van der Waals surface area contributed by atoms with Crippen molar-refractivity contribution in [2.75, 3.05) is 31.6 Å². The molecule has 0 aromatic carbocycles. The number of nitrogens with two attached hydrogens (primary N) is 2. The van der Waals surface area contributed by atoms with Gasteiger partial charge in [-0.2, -0.15) is 0 Å². The number of carbonyl (C=O) groups is 1. The Bertz CT molecular complexity index is 847. The molecule has 0 spiro atoms. The Balaban J connectivity index is 1.56. The Hall–Kier alpha value is -2.35. The van der Waals surface area contributed by atoms with Crippen LogP contribution in [0.25, 0.3) is 11.0 Å². The molecule has 2 aromatic heterocycles. The van der Waals surface area contributed by atoms with Crippen LogP contribution in [-0.4, -0.2) is 86.4 Å². The number of anilines is 1. The van der Waals surface area contributed by atoms with Gasteiger partial charge in [-0.25, -0.2) is 9.97 Å². The minimum Gasteiger partial charge on any atom is -0.394 e. The Kier molecular flexibility index (Phi) is 7.53. The highest BCUT2D eigenvalue weighted by atomic mass is 16.6. The summed E-state index contributed by atoms with van der Waals surface area (Å²) in [5.41, 5.74) is 11.4. The first kappa shape index (κ1) is 22.3. The smallest absolute Gasteiger partial charge is 0.238 e. The molecule has 12 heteroatoms. The molecule has 0 bridgehead atoms. The number of aromatic nitrogens is 3. The second-order valence-corrected chi connectivity index (χ2v) is 7.18. The second-order valence-electron chi connectivity index (χ2n) is 7.18. The van der Waals surface area contributed by atoms with E-state index in [1.807, 2.05) is 0 Å². The average Bonchev–Trinajstić information content (AvgIpc) is 3.31. The van der Waals surface area contributed by atoms with Gasteiger partial charge in [-0.15, -0.1) is 0 Å². The normalized spacial score (nSPS) is 24.8. The van der Waals surface area contributed by atoms with Crippen LogP contribution in [0.2, 0.25) is 0 Å². The van der Waals surface area contributed by atoms with Crippen molar-refractivity contribution in [2.24, 2.45) is 11.5 Å². The van der Waals surface area contributed by atoms with Crippen molar-refractivity contribution in [1.29, 1.82) is 0 Å². The van der Waals surface area contributed by atoms with Gasteiger partial charge in [0, 0.05) is 25.8 Å². The SMILES string of the molecule is NC[C@H](N)C(=O)NCCCCNc1ncnc2c1ccn2[C@@H]1O[C@H](CO)[C@@H](O)[C@H]1O. The van der Waals surface area contributed by atoms with Crippen molar-refractivity contribution in [3.8, 4) is 0 Å². The Labute approximate surface area is 173 Å². The zero-order valence-corrected chi connectivity index (χ0v) is 16.5. The Morgan fingerprint density at radius 1 is 1.27 bits per heavy atom. The number of fused-ring (bicyclic) bond motifs is 1. The maximum Gasteiger partial charge on any atom is 0.238 e. The molecule has 0 radical (unpaired) electrons. The highest BCUT2D eigenvalue weighted by Gasteiger charge is 2.43. The molecular weight excluding hydrogens is 394 g/mol. The molecule has 30 heavy (non-hydrogen) atoms. The number of aliphatic hydroxyl groups is 3. The number of hydrogen-bond donors (Lipinski definition) is 7. The molecule has 12 nitrogen and oxygen atoms in total. The summed E-state index contributed by atoms with van der Waals surface area (Å²) in [4.78, 5) is 20.1. The van der Waals surface area contributed by atoms with Gasteiger partial charge in [-0.05, 0) is 18.9 Å². The summed E-state index contributed by atoms with van der Waals surface area (Å²) in [6.07, 6.45) is 0.552. The molecule has 9 N–H and O–H groups in total. The average molecular weight is 423 g/mol. The summed E-state index contributed by atoms with van der Waals surface area (Å²) in [5.74, 6) is 0.369. The van der Waals surface area contributed by atoms with E-state index in [9.17, 15) is 20.1 Å². The van der Waals surface area contributed by atoms with E-state index in [1.165, 1.54) is 6.33 Å². The molecule has 166 valence electrons. The van der Waals surface area contributed by atoms with E-state index in [-0.39, 0.29) is 12.5 Å². The summed E-state index contributed by atoms with van der Waals surface area (Å²) in [7, 11) is 0. The molecule has 0 saturated carbocycles. The number of aliphatic hydroxyl groups excluding tert-OH is 3. The summed E-state index contributed by atoms with van der Waals surface area (Å²) in [6, 6.07) is 1.11. The standard InChI is InChI=1S/C18H29N7O5/c19-7-11(20)17(29)22-5-2-1-4-21-15-10-3-6-25(16(10)24-9-23-15)18-14(28)13(27)12(8-26)30-18/h3,6,9,11-14,18,26-28H,1-2,4-5,7-8,19-20H2,(H,22,29)(H,21,23,24)/t11-,12+,13+,14+,18+/m0/s1. The number of hydrogen-bond acceptors (Lipinski definition) is 10. The van der Waals surface area contributed by atoms with E-state index in [4.69, 9.17) is 16.2 Å². The third-order valence-corrected chi connectivity index (χ3v) is 5.09. The molecule has 3 rings (SSSR count). The lowest BCUT2D eigenvalue weighted by molar-refractivity contribution is -0.122. The van der Waals surface area contributed by atoms with Crippen LogP contribution in [0.3, 0.4) is 0 Å². The van der Waals surface area contributed by atoms with Crippen LogP contribution in [0.1, 0.15) is 19.1 Å². The van der Waals surface area contributed by atoms with Gasteiger partial charge in [0.25, 0.3) is 0 Å². The lowest BCUT2D eigenvalue weighted by Gasteiger charge is -2.17. The minimum absolute atomic E-state index is 0.110. The number of carbonyl (C=O) groups excluding carboxylic acids is 1. The predicted octanol–water partition coefficient (Wildman–Crippen LogP) is -2.36. The number of amides is 1. The molecule has 0 unspecified atom stereocenters. The van der Waals surface area contributed by atoms with Crippen molar-refractivity contribution in [3.63, 3.8) is 0 Å². The number of rotatable bonds is 10. The van der Waals surface area contributed by atoms with Gasteiger partial charge in [0.05, 0.1) is 18.0 Å².